The topological polar surface area (TPSA) is 106 Å². The van der Waals surface area contributed by atoms with Gasteiger partial charge >= 0.3 is 5.97 Å². The van der Waals surface area contributed by atoms with Crippen LogP contribution in [-0.2, 0) is 30.8 Å². The van der Waals surface area contributed by atoms with Crippen LogP contribution in [0.5, 0.6) is 0 Å². The highest BCUT2D eigenvalue weighted by atomic mass is 32.2. The molecule has 0 fully saturated rings. The first kappa shape index (κ1) is 27.7. The van der Waals surface area contributed by atoms with Crippen molar-refractivity contribution in [2.75, 3.05) is 18.5 Å². The molecule has 1 aromatic heterocycles. The molecule has 0 saturated carbocycles. The molecule has 40 heavy (non-hydrogen) atoms. The van der Waals surface area contributed by atoms with Crippen molar-refractivity contribution in [3.63, 3.8) is 0 Å². The molecular weight excluding hydrogens is 567 g/mol. The number of rotatable bonds is 7. The van der Waals surface area contributed by atoms with Gasteiger partial charge in [0.1, 0.15) is 5.52 Å². The number of hydrogen-bond acceptors (Lipinski definition) is 7. The summed E-state index contributed by atoms with van der Waals surface area (Å²) in [5, 5.41) is 2.16. The molecule has 1 aliphatic heterocycles. The fraction of sp³-hybridized carbons (Fsp3) is 0.222. The van der Waals surface area contributed by atoms with E-state index in [4.69, 9.17) is 4.74 Å². The second-order valence-corrected chi connectivity index (χ2v) is 12.1. The molecule has 4 aromatic rings. The summed E-state index contributed by atoms with van der Waals surface area (Å²) in [4.78, 5) is 29.1. The first-order valence-electron chi connectivity index (χ1n) is 12.1. The summed E-state index contributed by atoms with van der Waals surface area (Å²) in [6.45, 7) is 1.26. The molecule has 1 aliphatic rings. The van der Waals surface area contributed by atoms with Crippen molar-refractivity contribution in [3.05, 3.63) is 88.7 Å². The first-order chi connectivity index (χ1) is 19.0. The van der Waals surface area contributed by atoms with Crippen LogP contribution in [-0.4, -0.2) is 42.7 Å². The van der Waals surface area contributed by atoms with Crippen molar-refractivity contribution >= 4 is 48.6 Å². The molecule has 0 saturated heterocycles. The van der Waals surface area contributed by atoms with E-state index in [9.17, 15) is 31.2 Å². The summed E-state index contributed by atoms with van der Waals surface area (Å²) >= 11 is 0.716. The molecule has 0 spiro atoms. The van der Waals surface area contributed by atoms with E-state index in [2.05, 4.69) is 10.3 Å². The van der Waals surface area contributed by atoms with Gasteiger partial charge in [0.05, 0.1) is 22.1 Å². The number of thiazole rings is 1. The van der Waals surface area contributed by atoms with E-state index >= 15 is 0 Å². The number of ether oxygens (including phenoxy) is 1. The summed E-state index contributed by atoms with van der Waals surface area (Å²) < 4.78 is 74.3. The highest BCUT2D eigenvalue weighted by Gasteiger charge is 2.38. The third-order valence-electron chi connectivity index (χ3n) is 6.48. The smallest absolute Gasteiger partial charge is 0.308 e. The lowest BCUT2D eigenvalue weighted by Gasteiger charge is -2.36. The van der Waals surface area contributed by atoms with E-state index in [0.717, 1.165) is 17.2 Å². The predicted octanol–water partition coefficient (Wildman–Crippen LogP) is 4.88. The molecule has 5 rings (SSSR count). The van der Waals surface area contributed by atoms with Gasteiger partial charge in [-0.3, -0.25) is 14.9 Å². The number of anilines is 1. The summed E-state index contributed by atoms with van der Waals surface area (Å²) in [6, 6.07) is 13.5. The number of esters is 1. The fourth-order valence-corrected chi connectivity index (χ4v) is 7.03. The Hall–Kier alpha value is -3.81. The zero-order valence-electron chi connectivity index (χ0n) is 21.0. The minimum absolute atomic E-state index is 0.0189. The number of aryl methyl sites for hydroxylation is 1. The summed E-state index contributed by atoms with van der Waals surface area (Å²) in [6.07, 6.45) is 0.117. The molecule has 1 atom stereocenters. The van der Waals surface area contributed by atoms with Crippen molar-refractivity contribution in [3.8, 4) is 0 Å². The Morgan fingerprint density at radius 1 is 1.10 bits per heavy atom. The average Bonchev–Trinajstić information content (AvgIpc) is 3.33. The van der Waals surface area contributed by atoms with Gasteiger partial charge in [-0.2, -0.15) is 4.31 Å². The number of fused-ring (bicyclic) bond motifs is 2. The van der Waals surface area contributed by atoms with Crippen molar-refractivity contribution in [1.29, 1.82) is 0 Å². The lowest BCUT2D eigenvalue weighted by molar-refractivity contribution is -0.148. The van der Waals surface area contributed by atoms with Gasteiger partial charge in [-0.15, -0.1) is 0 Å². The van der Waals surface area contributed by atoms with Gasteiger partial charge < -0.3 is 4.74 Å². The van der Waals surface area contributed by atoms with Gasteiger partial charge in [0.2, 0.25) is 10.0 Å². The lowest BCUT2D eigenvalue weighted by atomic mass is 9.92. The molecule has 0 bridgehead atoms. The van der Waals surface area contributed by atoms with Crippen LogP contribution in [0.4, 0.5) is 18.3 Å². The second kappa shape index (κ2) is 11.0. The third kappa shape index (κ3) is 5.44. The van der Waals surface area contributed by atoms with E-state index < -0.39 is 57.5 Å². The van der Waals surface area contributed by atoms with Crippen LogP contribution < -0.4 is 5.32 Å². The van der Waals surface area contributed by atoms with Crippen molar-refractivity contribution in [2.24, 2.45) is 0 Å². The van der Waals surface area contributed by atoms with E-state index in [0.29, 0.717) is 23.3 Å². The Bertz CT molecular complexity index is 1730. The number of sulfonamides is 1. The molecule has 1 unspecified atom stereocenters. The molecule has 3 aromatic carbocycles. The van der Waals surface area contributed by atoms with Crippen LogP contribution >= 0.6 is 11.3 Å². The SMILES string of the molecule is Cc1ccc(S(=O)(=O)N2CCc3ccccc3C2CC(=O)OCC(=O)Nc2nc3c(F)c(F)c(F)cc3s2)cc1. The normalized spacial score (nSPS) is 15.6. The van der Waals surface area contributed by atoms with E-state index in [1.807, 2.05) is 19.1 Å². The van der Waals surface area contributed by atoms with Gasteiger partial charge in [-0.05, 0) is 42.7 Å². The number of nitrogens with zero attached hydrogens (tertiary/aromatic N) is 2. The maximum atomic E-state index is 13.9. The molecule has 2 heterocycles. The Morgan fingerprint density at radius 2 is 1.82 bits per heavy atom. The second-order valence-electron chi connectivity index (χ2n) is 9.16. The summed E-state index contributed by atoms with van der Waals surface area (Å²) in [5.74, 6) is -6.17. The number of carbonyl (C=O) groups excluding carboxylic acids is 2. The zero-order chi connectivity index (χ0) is 28.6. The molecule has 1 amide bonds. The summed E-state index contributed by atoms with van der Waals surface area (Å²) in [5.41, 5.74) is 2.03. The maximum absolute atomic E-state index is 13.9. The first-order valence-corrected chi connectivity index (χ1v) is 14.4. The average molecular weight is 590 g/mol. The Labute approximate surface area is 231 Å². The molecule has 0 aliphatic carbocycles. The number of benzene rings is 3. The van der Waals surface area contributed by atoms with E-state index in [-0.39, 0.29) is 27.7 Å². The largest absolute Gasteiger partial charge is 0.456 e. The molecule has 0 radical (unpaired) electrons. The molecule has 208 valence electrons. The zero-order valence-corrected chi connectivity index (χ0v) is 22.6. The van der Waals surface area contributed by atoms with Crippen LogP contribution in [0, 0.1) is 24.4 Å². The monoisotopic (exact) mass is 589 g/mol. The minimum Gasteiger partial charge on any atom is -0.456 e. The minimum atomic E-state index is -3.96. The van der Waals surface area contributed by atoms with Gasteiger partial charge in [0.25, 0.3) is 5.91 Å². The van der Waals surface area contributed by atoms with Crippen LogP contribution in [0.3, 0.4) is 0 Å². The molecule has 13 heteroatoms. The Morgan fingerprint density at radius 3 is 2.58 bits per heavy atom. The van der Waals surface area contributed by atoms with Crippen molar-refractivity contribution in [1.82, 2.24) is 9.29 Å². The Kier molecular flexibility index (Phi) is 7.62. The Balaban J connectivity index is 1.29. The molecule has 8 nitrogen and oxygen atoms in total. The number of aromatic nitrogens is 1. The highest BCUT2D eigenvalue weighted by Crippen LogP contribution is 2.37. The fourth-order valence-electron chi connectivity index (χ4n) is 4.52. The van der Waals surface area contributed by atoms with Gasteiger partial charge in [-0.25, -0.2) is 26.6 Å². The highest BCUT2D eigenvalue weighted by molar-refractivity contribution is 7.89. The van der Waals surface area contributed by atoms with Crippen LogP contribution in [0.1, 0.15) is 29.2 Å². The van der Waals surface area contributed by atoms with E-state index in [1.165, 1.54) is 16.4 Å². The maximum Gasteiger partial charge on any atom is 0.308 e. The third-order valence-corrected chi connectivity index (χ3v) is 9.32. The standard InChI is InChI=1S/C27H22F3N3O5S2/c1-15-6-8-17(9-7-15)40(36,37)33-11-10-16-4-2-3-5-18(16)20(33)13-23(35)38-14-22(34)31-27-32-26-21(39-27)12-19(28)24(29)25(26)30/h2-9,12,20H,10-11,13-14H2,1H3,(H,31,32,34). The number of hydrogen-bond donors (Lipinski definition) is 1. The van der Waals surface area contributed by atoms with Crippen molar-refractivity contribution in [2.45, 2.75) is 30.7 Å². The van der Waals surface area contributed by atoms with Crippen molar-refractivity contribution < 1.29 is 35.9 Å². The van der Waals surface area contributed by atoms with E-state index in [1.54, 1.807) is 24.3 Å². The van der Waals surface area contributed by atoms with Gasteiger partial charge in [-0.1, -0.05) is 53.3 Å². The molecule has 1 N–H and O–H groups in total. The van der Waals surface area contributed by atoms with Crippen LogP contribution in [0.2, 0.25) is 0 Å². The van der Waals surface area contributed by atoms with Crippen LogP contribution in [0.25, 0.3) is 10.2 Å². The predicted molar refractivity (Wildman–Crippen MR) is 142 cm³/mol. The molecular formula is C27H22F3N3O5S2. The van der Waals surface area contributed by atoms with Gasteiger partial charge in [0, 0.05) is 6.54 Å². The number of nitrogens with one attached hydrogen (secondary N) is 1. The number of halogens is 3. The number of carbonyl (C=O) groups is 2. The van der Waals surface area contributed by atoms with Crippen LogP contribution in [0.15, 0.2) is 59.5 Å². The van der Waals surface area contributed by atoms with Gasteiger partial charge in [0.15, 0.2) is 29.2 Å². The quantitative estimate of drug-likeness (QED) is 0.243. The lowest BCUT2D eigenvalue weighted by Crippen LogP contribution is -2.41. The summed E-state index contributed by atoms with van der Waals surface area (Å²) in [7, 11) is -3.96. The number of amides is 1.